The summed E-state index contributed by atoms with van der Waals surface area (Å²) in [7, 11) is 0. The van der Waals surface area contributed by atoms with Crippen molar-refractivity contribution in [1.82, 2.24) is 15.4 Å². The van der Waals surface area contributed by atoms with Gasteiger partial charge >= 0.3 is 6.09 Å². The van der Waals surface area contributed by atoms with Gasteiger partial charge in [0, 0.05) is 12.0 Å². The Morgan fingerprint density at radius 3 is 2.81 bits per heavy atom. The number of hydrogen-bond donors (Lipinski definition) is 4. The number of hydrogen-bond acceptors (Lipinski definition) is 5. The summed E-state index contributed by atoms with van der Waals surface area (Å²) in [6, 6.07) is 5.71. The summed E-state index contributed by atoms with van der Waals surface area (Å²) in [5, 5.41) is 0. The van der Waals surface area contributed by atoms with Crippen LogP contribution in [0.4, 0.5) is 4.79 Å². The summed E-state index contributed by atoms with van der Waals surface area (Å²) in [5.74, 6) is 6.74. The molecule has 1 fully saturated rings. The number of H-pyrrole nitrogens is 1. The molecular formula is C14H19N5O2. The van der Waals surface area contributed by atoms with Crippen molar-refractivity contribution >= 4 is 17.1 Å². The third-order valence-corrected chi connectivity index (χ3v) is 3.97. The molecule has 1 heterocycles. The minimum atomic E-state index is -0.712. The first-order valence-electron chi connectivity index (χ1n) is 7.10. The topological polar surface area (TPSA) is 119 Å². The molecule has 6 N–H and O–H groups in total. The molecule has 1 aromatic heterocycles. The van der Waals surface area contributed by atoms with Gasteiger partial charge in [-0.15, -0.1) is 0 Å². The molecule has 7 heteroatoms. The molecular weight excluding hydrogens is 270 g/mol. The molecule has 1 saturated carbocycles. The first kappa shape index (κ1) is 13.8. The largest absolute Gasteiger partial charge is 0.426 e. The number of carbonyl (C=O) groups is 1. The molecule has 1 aliphatic carbocycles. The number of amides is 1. The summed E-state index contributed by atoms with van der Waals surface area (Å²) in [5.41, 5.74) is 9.37. The van der Waals surface area contributed by atoms with Crippen LogP contribution in [-0.2, 0) is 0 Å². The fraction of sp³-hybridized carbons (Fsp3) is 0.429. The van der Waals surface area contributed by atoms with Gasteiger partial charge in [-0.2, -0.15) is 0 Å². The third-order valence-electron chi connectivity index (χ3n) is 3.97. The highest BCUT2D eigenvalue weighted by atomic mass is 16.6. The van der Waals surface area contributed by atoms with E-state index in [0.717, 1.165) is 37.0 Å². The van der Waals surface area contributed by atoms with Crippen molar-refractivity contribution < 1.29 is 9.53 Å². The first-order valence-corrected chi connectivity index (χ1v) is 7.10. The number of aromatic nitrogens is 2. The van der Waals surface area contributed by atoms with E-state index in [0.29, 0.717) is 23.2 Å². The minimum absolute atomic E-state index is 0.303. The van der Waals surface area contributed by atoms with Gasteiger partial charge in [0.15, 0.2) is 5.75 Å². The fourth-order valence-electron chi connectivity index (χ4n) is 2.82. The molecule has 3 rings (SSSR count). The van der Waals surface area contributed by atoms with E-state index in [2.05, 4.69) is 9.97 Å². The SMILES string of the molecule is NNC(=O)Oc1cccc2[nH]c(C3CCC(N)CC3)nc12. The monoisotopic (exact) mass is 289 g/mol. The predicted octanol–water partition coefficient (Wildman–Crippen LogP) is 1.51. The zero-order valence-corrected chi connectivity index (χ0v) is 11.6. The van der Waals surface area contributed by atoms with Crippen LogP contribution < -0.4 is 21.7 Å². The van der Waals surface area contributed by atoms with E-state index in [1.165, 1.54) is 0 Å². The molecule has 1 aromatic carbocycles. The Bertz CT molecular complexity index is 646. The summed E-state index contributed by atoms with van der Waals surface area (Å²) in [6.45, 7) is 0. The average molecular weight is 289 g/mol. The normalized spacial score (nSPS) is 22.2. The maximum absolute atomic E-state index is 11.3. The van der Waals surface area contributed by atoms with Gasteiger partial charge in [0.1, 0.15) is 11.3 Å². The quantitative estimate of drug-likeness (QED) is 0.379. The molecule has 0 spiro atoms. The Labute approximate surface area is 122 Å². The van der Waals surface area contributed by atoms with Crippen LogP contribution >= 0.6 is 0 Å². The van der Waals surface area contributed by atoms with E-state index in [9.17, 15) is 4.79 Å². The molecule has 0 atom stereocenters. The number of nitrogens with two attached hydrogens (primary N) is 2. The van der Waals surface area contributed by atoms with Crippen LogP contribution in [0.1, 0.15) is 37.4 Å². The lowest BCUT2D eigenvalue weighted by atomic mass is 9.86. The van der Waals surface area contributed by atoms with E-state index in [-0.39, 0.29) is 0 Å². The standard InChI is InChI=1S/C14H19N5O2/c15-9-6-4-8(5-7-9)13-17-10-2-1-3-11(12(10)18-13)21-14(20)19-16/h1-3,8-9H,4-7,15-16H2,(H,17,18)(H,19,20). The Kier molecular flexibility index (Phi) is 3.76. The van der Waals surface area contributed by atoms with Crippen LogP contribution in [0.5, 0.6) is 5.75 Å². The predicted molar refractivity (Wildman–Crippen MR) is 78.6 cm³/mol. The molecule has 2 aromatic rings. The summed E-state index contributed by atoms with van der Waals surface area (Å²) < 4.78 is 5.12. The molecule has 21 heavy (non-hydrogen) atoms. The van der Waals surface area contributed by atoms with Crippen molar-refractivity contribution in [3.05, 3.63) is 24.0 Å². The number of ether oxygens (including phenoxy) is 1. The summed E-state index contributed by atoms with van der Waals surface area (Å²) in [4.78, 5) is 19.2. The summed E-state index contributed by atoms with van der Waals surface area (Å²) >= 11 is 0. The molecule has 0 bridgehead atoms. The number of imidazole rings is 1. The average Bonchev–Trinajstić information content (AvgIpc) is 2.93. The number of aromatic amines is 1. The van der Waals surface area contributed by atoms with Crippen molar-refractivity contribution in [3.63, 3.8) is 0 Å². The number of fused-ring (bicyclic) bond motifs is 1. The molecule has 7 nitrogen and oxygen atoms in total. The van der Waals surface area contributed by atoms with Gasteiger partial charge in [-0.25, -0.2) is 15.6 Å². The first-order chi connectivity index (χ1) is 10.2. The van der Waals surface area contributed by atoms with Crippen molar-refractivity contribution in [2.45, 2.75) is 37.6 Å². The lowest BCUT2D eigenvalue weighted by Gasteiger charge is -2.24. The van der Waals surface area contributed by atoms with E-state index >= 15 is 0 Å². The Balaban J connectivity index is 1.89. The van der Waals surface area contributed by atoms with Crippen molar-refractivity contribution in [3.8, 4) is 5.75 Å². The van der Waals surface area contributed by atoms with E-state index in [1.54, 1.807) is 12.1 Å². The smallest absolute Gasteiger partial charge is 0.407 e. The van der Waals surface area contributed by atoms with Crippen molar-refractivity contribution in [2.24, 2.45) is 11.6 Å². The maximum atomic E-state index is 11.3. The van der Waals surface area contributed by atoms with Crippen LogP contribution in [-0.4, -0.2) is 22.1 Å². The van der Waals surface area contributed by atoms with Gasteiger partial charge in [-0.05, 0) is 37.8 Å². The second-order valence-electron chi connectivity index (χ2n) is 5.42. The Morgan fingerprint density at radius 2 is 2.10 bits per heavy atom. The van der Waals surface area contributed by atoms with Crippen LogP contribution in [0.2, 0.25) is 0 Å². The van der Waals surface area contributed by atoms with Crippen LogP contribution in [0.3, 0.4) is 0 Å². The van der Waals surface area contributed by atoms with Crippen LogP contribution in [0.25, 0.3) is 11.0 Å². The number of carbonyl (C=O) groups excluding carboxylic acids is 1. The van der Waals surface area contributed by atoms with E-state index < -0.39 is 6.09 Å². The number of nitrogens with zero attached hydrogens (tertiary/aromatic N) is 1. The lowest BCUT2D eigenvalue weighted by molar-refractivity contribution is 0.201. The molecule has 1 amide bonds. The van der Waals surface area contributed by atoms with Crippen LogP contribution in [0.15, 0.2) is 18.2 Å². The molecule has 112 valence electrons. The number of nitrogens with one attached hydrogen (secondary N) is 2. The van der Waals surface area contributed by atoms with Gasteiger partial charge < -0.3 is 15.5 Å². The number of benzene rings is 1. The van der Waals surface area contributed by atoms with Gasteiger partial charge in [0.05, 0.1) is 5.52 Å². The zero-order chi connectivity index (χ0) is 14.8. The van der Waals surface area contributed by atoms with Crippen molar-refractivity contribution in [2.75, 3.05) is 0 Å². The minimum Gasteiger partial charge on any atom is -0.407 e. The Morgan fingerprint density at radius 1 is 1.33 bits per heavy atom. The van der Waals surface area contributed by atoms with Gasteiger partial charge in [0.2, 0.25) is 0 Å². The highest BCUT2D eigenvalue weighted by Gasteiger charge is 2.23. The fourth-order valence-corrected chi connectivity index (χ4v) is 2.82. The molecule has 0 saturated heterocycles. The second-order valence-corrected chi connectivity index (χ2v) is 5.42. The van der Waals surface area contributed by atoms with Gasteiger partial charge in [0.25, 0.3) is 0 Å². The van der Waals surface area contributed by atoms with Crippen molar-refractivity contribution in [1.29, 1.82) is 0 Å². The number of para-hydroxylation sites is 1. The molecule has 1 aliphatic rings. The van der Waals surface area contributed by atoms with Crippen LogP contribution in [0, 0.1) is 0 Å². The highest BCUT2D eigenvalue weighted by Crippen LogP contribution is 2.33. The Hall–Kier alpha value is -2.12. The van der Waals surface area contributed by atoms with Gasteiger partial charge in [-0.1, -0.05) is 6.07 Å². The van der Waals surface area contributed by atoms with E-state index in [1.807, 2.05) is 11.5 Å². The molecule has 0 radical (unpaired) electrons. The molecule has 0 aliphatic heterocycles. The maximum Gasteiger partial charge on any atom is 0.426 e. The zero-order valence-electron chi connectivity index (χ0n) is 11.6. The number of rotatable bonds is 2. The number of hydrazine groups is 1. The third kappa shape index (κ3) is 2.84. The van der Waals surface area contributed by atoms with Gasteiger partial charge in [-0.3, -0.25) is 5.43 Å². The highest BCUT2D eigenvalue weighted by molar-refractivity contribution is 5.84. The van der Waals surface area contributed by atoms with E-state index in [4.69, 9.17) is 16.3 Å². The molecule has 0 unspecified atom stereocenters. The summed E-state index contributed by atoms with van der Waals surface area (Å²) in [6.07, 6.45) is 3.37. The second kappa shape index (κ2) is 5.71. The lowest BCUT2D eigenvalue weighted by Crippen LogP contribution is -2.32.